The molecule has 0 amide bonds. The zero-order valence-corrected chi connectivity index (χ0v) is 12.3. The molecule has 0 aliphatic carbocycles. The van der Waals surface area contributed by atoms with Crippen LogP contribution in [0.1, 0.15) is 17.2 Å². The maximum absolute atomic E-state index is 5.70. The van der Waals surface area contributed by atoms with Crippen molar-refractivity contribution in [3.63, 3.8) is 0 Å². The number of nitrogens with zero attached hydrogens (tertiary/aromatic N) is 1. The van der Waals surface area contributed by atoms with Crippen LogP contribution >= 0.6 is 0 Å². The van der Waals surface area contributed by atoms with Gasteiger partial charge < -0.3 is 14.2 Å². The molecule has 2 rings (SSSR count). The van der Waals surface area contributed by atoms with Crippen molar-refractivity contribution in [2.75, 3.05) is 21.3 Å². The lowest BCUT2D eigenvalue weighted by atomic mass is 10.00. The largest absolute Gasteiger partial charge is 0.495 e. The van der Waals surface area contributed by atoms with Gasteiger partial charge in [0.1, 0.15) is 5.75 Å². The molecule has 0 fully saturated rings. The average molecular weight is 289 g/mol. The Balaban J connectivity index is 2.40. The number of hydrogen-bond donors (Lipinski definition) is 2. The molecule has 0 saturated carbocycles. The van der Waals surface area contributed by atoms with E-state index in [4.69, 9.17) is 20.1 Å². The molecule has 0 spiro atoms. The van der Waals surface area contributed by atoms with E-state index in [9.17, 15) is 0 Å². The second-order valence-electron chi connectivity index (χ2n) is 4.37. The Hall–Kier alpha value is -2.31. The fourth-order valence-corrected chi connectivity index (χ4v) is 2.12. The lowest BCUT2D eigenvalue weighted by Gasteiger charge is -2.18. The van der Waals surface area contributed by atoms with Gasteiger partial charge in [-0.15, -0.1) is 0 Å². The number of nitrogens with one attached hydrogen (secondary N) is 1. The molecule has 112 valence electrons. The molecule has 6 nitrogen and oxygen atoms in total. The molecule has 0 radical (unpaired) electrons. The van der Waals surface area contributed by atoms with Crippen LogP contribution < -0.4 is 25.5 Å². The van der Waals surface area contributed by atoms with E-state index >= 15 is 0 Å². The van der Waals surface area contributed by atoms with Crippen LogP contribution in [0.4, 0.5) is 0 Å². The molecule has 1 aromatic heterocycles. The van der Waals surface area contributed by atoms with E-state index in [1.807, 2.05) is 24.3 Å². The van der Waals surface area contributed by atoms with Gasteiger partial charge in [-0.1, -0.05) is 6.07 Å². The van der Waals surface area contributed by atoms with Crippen LogP contribution in [0.25, 0.3) is 0 Å². The molecule has 6 heteroatoms. The third-order valence-electron chi connectivity index (χ3n) is 3.21. The Morgan fingerprint density at radius 3 is 2.33 bits per heavy atom. The lowest BCUT2D eigenvalue weighted by Crippen LogP contribution is -2.29. The van der Waals surface area contributed by atoms with Gasteiger partial charge in [0.25, 0.3) is 0 Å². The second kappa shape index (κ2) is 6.92. The Bertz CT molecular complexity index is 604. The lowest BCUT2D eigenvalue weighted by molar-refractivity contribution is 0.354. The molecular formula is C15H19N3O3. The van der Waals surface area contributed by atoms with Crippen molar-refractivity contribution in [1.82, 2.24) is 10.4 Å². The SMILES string of the molecule is COc1cncc(C(NN)c2ccc(OC)c(OC)c2)c1. The van der Waals surface area contributed by atoms with Gasteiger partial charge in [-0.2, -0.15) is 0 Å². The number of pyridine rings is 1. The van der Waals surface area contributed by atoms with Crippen molar-refractivity contribution in [2.45, 2.75) is 6.04 Å². The van der Waals surface area contributed by atoms with Gasteiger partial charge in [-0.3, -0.25) is 10.8 Å². The van der Waals surface area contributed by atoms with Crippen molar-refractivity contribution in [3.05, 3.63) is 47.8 Å². The maximum Gasteiger partial charge on any atom is 0.161 e. The molecule has 0 aliphatic heterocycles. The standard InChI is InChI=1S/C15H19N3O3/c1-19-12-6-11(8-17-9-12)15(18-16)10-4-5-13(20-2)14(7-10)21-3/h4-9,15,18H,16H2,1-3H3. The molecule has 0 aliphatic rings. The van der Waals surface area contributed by atoms with Crippen molar-refractivity contribution < 1.29 is 14.2 Å². The predicted molar refractivity (Wildman–Crippen MR) is 79.5 cm³/mol. The van der Waals surface area contributed by atoms with E-state index in [2.05, 4.69) is 10.4 Å². The Labute approximate surface area is 123 Å². The molecule has 3 N–H and O–H groups in total. The Kier molecular flexibility index (Phi) is 4.97. The fourth-order valence-electron chi connectivity index (χ4n) is 2.12. The number of methoxy groups -OCH3 is 3. The number of hydrogen-bond acceptors (Lipinski definition) is 6. The van der Waals surface area contributed by atoms with Gasteiger partial charge in [-0.25, -0.2) is 5.43 Å². The first-order valence-electron chi connectivity index (χ1n) is 6.40. The second-order valence-corrected chi connectivity index (χ2v) is 4.37. The molecule has 2 aromatic rings. The number of aromatic nitrogens is 1. The highest BCUT2D eigenvalue weighted by molar-refractivity contribution is 5.46. The van der Waals surface area contributed by atoms with Crippen LogP contribution in [-0.2, 0) is 0 Å². The number of nitrogens with two attached hydrogens (primary N) is 1. The zero-order valence-electron chi connectivity index (χ0n) is 12.3. The van der Waals surface area contributed by atoms with Crippen molar-refractivity contribution in [2.24, 2.45) is 5.84 Å². The molecule has 0 bridgehead atoms. The monoisotopic (exact) mass is 289 g/mol. The summed E-state index contributed by atoms with van der Waals surface area (Å²) in [6.07, 6.45) is 3.38. The van der Waals surface area contributed by atoms with E-state index < -0.39 is 0 Å². The highest BCUT2D eigenvalue weighted by Gasteiger charge is 2.16. The topological polar surface area (TPSA) is 78.6 Å². The van der Waals surface area contributed by atoms with E-state index in [-0.39, 0.29) is 6.04 Å². The first-order valence-corrected chi connectivity index (χ1v) is 6.40. The fraction of sp³-hybridized carbons (Fsp3) is 0.267. The van der Waals surface area contributed by atoms with E-state index in [1.165, 1.54) is 0 Å². The summed E-state index contributed by atoms with van der Waals surface area (Å²) in [6.45, 7) is 0. The summed E-state index contributed by atoms with van der Waals surface area (Å²) in [5.41, 5.74) is 4.61. The van der Waals surface area contributed by atoms with Gasteiger partial charge in [0.15, 0.2) is 11.5 Å². The van der Waals surface area contributed by atoms with Gasteiger partial charge in [0.05, 0.1) is 33.6 Å². The number of benzene rings is 1. The van der Waals surface area contributed by atoms with Crippen LogP contribution in [-0.4, -0.2) is 26.3 Å². The van der Waals surface area contributed by atoms with Crippen molar-refractivity contribution in [1.29, 1.82) is 0 Å². The molecule has 21 heavy (non-hydrogen) atoms. The molecular weight excluding hydrogens is 270 g/mol. The van der Waals surface area contributed by atoms with Crippen LogP contribution in [0.15, 0.2) is 36.7 Å². The normalized spacial score (nSPS) is 11.8. The minimum Gasteiger partial charge on any atom is -0.495 e. The summed E-state index contributed by atoms with van der Waals surface area (Å²) in [5, 5.41) is 0. The predicted octanol–water partition coefficient (Wildman–Crippen LogP) is 1.66. The summed E-state index contributed by atoms with van der Waals surface area (Å²) in [6, 6.07) is 7.29. The summed E-state index contributed by atoms with van der Waals surface area (Å²) in [4.78, 5) is 4.15. The van der Waals surface area contributed by atoms with Crippen molar-refractivity contribution in [3.8, 4) is 17.2 Å². The van der Waals surface area contributed by atoms with Crippen molar-refractivity contribution >= 4 is 0 Å². The number of hydrazine groups is 1. The Morgan fingerprint density at radius 1 is 0.952 bits per heavy atom. The van der Waals surface area contributed by atoms with E-state index in [0.29, 0.717) is 17.2 Å². The summed E-state index contributed by atoms with van der Waals surface area (Å²) < 4.78 is 15.7. The van der Waals surface area contributed by atoms with Gasteiger partial charge in [0, 0.05) is 6.20 Å². The first kappa shape index (κ1) is 15.1. The van der Waals surface area contributed by atoms with Gasteiger partial charge in [-0.05, 0) is 29.3 Å². The molecule has 1 aromatic carbocycles. The summed E-state index contributed by atoms with van der Waals surface area (Å²) in [5.74, 6) is 7.69. The van der Waals surface area contributed by atoms with Crippen LogP contribution in [0, 0.1) is 0 Å². The zero-order chi connectivity index (χ0) is 15.2. The molecule has 1 heterocycles. The molecule has 1 unspecified atom stereocenters. The number of ether oxygens (including phenoxy) is 3. The Morgan fingerprint density at radius 2 is 1.71 bits per heavy atom. The first-order chi connectivity index (χ1) is 10.2. The van der Waals surface area contributed by atoms with E-state index in [0.717, 1.165) is 11.1 Å². The smallest absolute Gasteiger partial charge is 0.161 e. The van der Waals surface area contributed by atoms with Gasteiger partial charge >= 0.3 is 0 Å². The third-order valence-corrected chi connectivity index (χ3v) is 3.21. The van der Waals surface area contributed by atoms with E-state index in [1.54, 1.807) is 33.7 Å². The summed E-state index contributed by atoms with van der Waals surface area (Å²) >= 11 is 0. The number of rotatable bonds is 6. The highest BCUT2D eigenvalue weighted by Crippen LogP contribution is 2.32. The molecule has 0 saturated heterocycles. The highest BCUT2D eigenvalue weighted by atomic mass is 16.5. The van der Waals surface area contributed by atoms with Crippen LogP contribution in [0.2, 0.25) is 0 Å². The minimum atomic E-state index is -0.229. The average Bonchev–Trinajstić information content (AvgIpc) is 2.55. The summed E-state index contributed by atoms with van der Waals surface area (Å²) in [7, 11) is 4.80. The minimum absolute atomic E-state index is 0.229. The van der Waals surface area contributed by atoms with Gasteiger partial charge in [0.2, 0.25) is 0 Å². The van der Waals surface area contributed by atoms with Crippen LogP contribution in [0.5, 0.6) is 17.2 Å². The van der Waals surface area contributed by atoms with Crippen LogP contribution in [0.3, 0.4) is 0 Å². The third kappa shape index (κ3) is 3.24. The molecule has 1 atom stereocenters. The maximum atomic E-state index is 5.70. The quantitative estimate of drug-likeness (QED) is 0.622.